The normalized spacial score (nSPS) is 25.1. The van der Waals surface area contributed by atoms with Crippen LogP contribution in [0, 0.1) is 12.8 Å². The molecular formula is C31H54N4O11SSi2. The van der Waals surface area contributed by atoms with Gasteiger partial charge in [0, 0.05) is 11.8 Å². The van der Waals surface area contributed by atoms with Crippen LogP contribution < -0.4 is 22.3 Å². The van der Waals surface area contributed by atoms with Gasteiger partial charge < -0.3 is 29.7 Å². The van der Waals surface area contributed by atoms with Crippen molar-refractivity contribution in [2.45, 2.75) is 135 Å². The molecule has 0 aromatic carbocycles. The van der Waals surface area contributed by atoms with Gasteiger partial charge in [-0.25, -0.2) is 13.8 Å². The minimum absolute atomic E-state index is 0.0548. The second kappa shape index (κ2) is 13.5. The van der Waals surface area contributed by atoms with Crippen LogP contribution in [0.3, 0.4) is 0 Å². The zero-order valence-electron chi connectivity index (χ0n) is 30.9. The number of aromatic nitrogens is 2. The molecule has 18 heteroatoms. The van der Waals surface area contributed by atoms with Crippen molar-refractivity contribution in [1.82, 2.24) is 14.5 Å². The molecule has 1 aromatic rings. The van der Waals surface area contributed by atoms with Crippen LogP contribution in [0.1, 0.15) is 67.2 Å². The topological polar surface area (TPSA) is 207 Å². The van der Waals surface area contributed by atoms with Crippen LogP contribution in [-0.2, 0) is 44.0 Å². The Balaban J connectivity index is 2.26. The van der Waals surface area contributed by atoms with Crippen LogP contribution in [0.2, 0.25) is 36.3 Å². The van der Waals surface area contributed by atoms with E-state index in [0.29, 0.717) is 4.57 Å². The molecule has 2 aliphatic rings. The first-order valence-corrected chi connectivity index (χ1v) is 23.5. The maximum atomic E-state index is 14.2. The smallest absolute Gasteiger partial charge is 0.333 e. The molecule has 1 spiro atoms. The van der Waals surface area contributed by atoms with Crippen molar-refractivity contribution in [2.24, 2.45) is 11.7 Å². The summed E-state index contributed by atoms with van der Waals surface area (Å²) < 4.78 is 53.7. The third-order valence-corrected chi connectivity index (χ3v) is 20.3. The Morgan fingerprint density at radius 3 is 2.08 bits per heavy atom. The van der Waals surface area contributed by atoms with E-state index in [-0.39, 0.29) is 22.9 Å². The van der Waals surface area contributed by atoms with Gasteiger partial charge in [0.15, 0.2) is 28.5 Å². The number of nitrogens with one attached hydrogen (secondary N) is 1. The van der Waals surface area contributed by atoms with Crippen molar-refractivity contribution in [3.63, 3.8) is 0 Å². The van der Waals surface area contributed by atoms with Gasteiger partial charge in [0.2, 0.25) is 5.91 Å². The molecule has 0 bridgehead atoms. The first-order chi connectivity index (χ1) is 22.0. The van der Waals surface area contributed by atoms with E-state index in [0.717, 1.165) is 9.98 Å². The fraction of sp³-hybridized carbons (Fsp3) is 0.742. The molecule has 1 unspecified atom stereocenters. The van der Waals surface area contributed by atoms with E-state index in [1.807, 2.05) is 67.7 Å². The van der Waals surface area contributed by atoms with Crippen molar-refractivity contribution < 1.29 is 40.9 Å². The molecule has 2 aliphatic heterocycles. The van der Waals surface area contributed by atoms with Crippen molar-refractivity contribution in [1.29, 1.82) is 0 Å². The van der Waals surface area contributed by atoms with Gasteiger partial charge in [-0.05, 0) is 49.1 Å². The standard InChI is InChI=1S/C31H54N4O11SSi2/c1-18(2)23(27(38)39)33-22(36)15-34-25(37)19(3)14-35(28(34)40)26-24(45-49(12,13)30(7,8)9)31(20(32)17-47(41,42)46-31)21(44-26)16-43-48(10,11)29(4,5)6/h14,17-18,21,23-24,26H,15-16,32H2,1-13H3,(H,33,36)(H,38,39)/t21-,23+,24+,26-,31?/m1/s1. The van der Waals surface area contributed by atoms with Crippen molar-refractivity contribution >= 4 is 38.6 Å². The molecule has 1 aromatic heterocycles. The SMILES string of the molecule is Cc1cn([C@@H]2O[C@H](CO[Si](C)(C)C(C)(C)C)C3(OS(=O)(=O)C=C3N)[C@H]2O[Si](C)(C)C(C)(C)C)c(=O)n(CC(=O)N[C@H](C(=O)O)C(C)C)c1=O. The molecule has 4 N–H and O–H groups in total. The fourth-order valence-electron chi connectivity index (χ4n) is 5.17. The monoisotopic (exact) mass is 746 g/mol. The largest absolute Gasteiger partial charge is 0.480 e. The van der Waals surface area contributed by atoms with Gasteiger partial charge in [0.1, 0.15) is 24.8 Å². The van der Waals surface area contributed by atoms with Crippen LogP contribution in [-0.4, -0.2) is 81.6 Å². The minimum Gasteiger partial charge on any atom is -0.480 e. The van der Waals surface area contributed by atoms with E-state index in [4.69, 9.17) is 23.5 Å². The number of carboxylic acid groups (broad SMARTS) is 1. The molecule has 1 saturated heterocycles. The van der Waals surface area contributed by atoms with E-state index in [2.05, 4.69) is 5.32 Å². The Morgan fingerprint density at radius 2 is 1.63 bits per heavy atom. The van der Waals surface area contributed by atoms with Crippen molar-refractivity contribution in [3.8, 4) is 0 Å². The second-order valence-corrected chi connectivity index (χ2v) is 27.3. The first-order valence-electron chi connectivity index (χ1n) is 16.2. The Labute approximate surface area is 290 Å². The fourth-order valence-corrected chi connectivity index (χ4v) is 8.68. The summed E-state index contributed by atoms with van der Waals surface area (Å²) in [5.74, 6) is -2.61. The molecule has 3 rings (SSSR count). The van der Waals surface area contributed by atoms with Crippen LogP contribution in [0.4, 0.5) is 0 Å². The van der Waals surface area contributed by atoms with Crippen molar-refractivity contribution in [3.05, 3.63) is 43.7 Å². The first kappa shape index (κ1) is 40.8. The highest BCUT2D eigenvalue weighted by Crippen LogP contribution is 2.52. The van der Waals surface area contributed by atoms with Gasteiger partial charge >= 0.3 is 11.7 Å². The predicted molar refractivity (Wildman–Crippen MR) is 188 cm³/mol. The molecule has 3 heterocycles. The Kier molecular flexibility index (Phi) is 11.2. The number of carbonyl (C=O) groups is 2. The summed E-state index contributed by atoms with van der Waals surface area (Å²) in [6.45, 7) is 23.7. The average molecular weight is 747 g/mol. The van der Waals surface area contributed by atoms with Crippen molar-refractivity contribution in [2.75, 3.05) is 6.61 Å². The van der Waals surface area contributed by atoms with E-state index >= 15 is 0 Å². The average Bonchev–Trinajstić information content (AvgIpc) is 3.35. The summed E-state index contributed by atoms with van der Waals surface area (Å²) >= 11 is 0. The van der Waals surface area contributed by atoms with E-state index < -0.39 is 97.5 Å². The number of rotatable bonds is 11. The van der Waals surface area contributed by atoms with E-state index in [1.165, 1.54) is 13.1 Å². The number of aryl methyl sites for hydroxylation is 1. The molecule has 0 saturated carbocycles. The number of carbonyl (C=O) groups excluding carboxylic acids is 1. The summed E-state index contributed by atoms with van der Waals surface area (Å²) in [5, 5.41) is 12.1. The van der Waals surface area contributed by atoms with Crippen LogP contribution in [0.15, 0.2) is 26.9 Å². The van der Waals surface area contributed by atoms with Gasteiger partial charge in [-0.2, -0.15) is 8.42 Å². The molecule has 49 heavy (non-hydrogen) atoms. The second-order valence-electron chi connectivity index (χ2n) is 16.3. The molecule has 0 radical (unpaired) electrons. The molecule has 0 aliphatic carbocycles. The molecule has 15 nitrogen and oxygen atoms in total. The minimum atomic E-state index is -4.33. The van der Waals surface area contributed by atoms with Gasteiger partial charge in [-0.15, -0.1) is 0 Å². The predicted octanol–water partition coefficient (Wildman–Crippen LogP) is 2.75. The Hall–Kier alpha value is -2.62. The molecule has 5 atom stereocenters. The number of nitrogens with zero attached hydrogens (tertiary/aromatic N) is 2. The van der Waals surface area contributed by atoms with E-state index in [9.17, 15) is 32.7 Å². The highest BCUT2D eigenvalue weighted by molar-refractivity contribution is 7.90. The summed E-state index contributed by atoms with van der Waals surface area (Å²) in [6, 6.07) is -1.26. The lowest BCUT2D eigenvalue weighted by Crippen LogP contribution is -2.59. The number of hydrogen-bond donors (Lipinski definition) is 3. The van der Waals surface area contributed by atoms with Gasteiger partial charge in [-0.3, -0.25) is 18.7 Å². The Bertz CT molecular complexity index is 1720. The summed E-state index contributed by atoms with van der Waals surface area (Å²) in [7, 11) is -9.61. The quantitative estimate of drug-likeness (QED) is 0.221. The van der Waals surface area contributed by atoms with Gasteiger partial charge in [-0.1, -0.05) is 55.4 Å². The highest BCUT2D eigenvalue weighted by atomic mass is 32.2. The lowest BCUT2D eigenvalue weighted by molar-refractivity contribution is -0.143. The van der Waals surface area contributed by atoms with Gasteiger partial charge in [0.05, 0.1) is 17.7 Å². The lowest BCUT2D eigenvalue weighted by Gasteiger charge is -2.43. The number of amides is 1. The third-order valence-electron chi connectivity index (χ3n) is 10.3. The molecular weight excluding hydrogens is 693 g/mol. The lowest BCUT2D eigenvalue weighted by atomic mass is 9.89. The summed E-state index contributed by atoms with van der Waals surface area (Å²) in [5.41, 5.74) is 2.71. The maximum absolute atomic E-state index is 14.2. The zero-order valence-corrected chi connectivity index (χ0v) is 33.7. The van der Waals surface area contributed by atoms with Crippen LogP contribution in [0.5, 0.6) is 0 Å². The molecule has 278 valence electrons. The number of carboxylic acids is 1. The third kappa shape index (κ3) is 7.99. The molecule has 1 amide bonds. The molecule has 1 fully saturated rings. The van der Waals surface area contributed by atoms with Gasteiger partial charge in [0.25, 0.3) is 15.7 Å². The number of ether oxygens (including phenoxy) is 1. The summed E-state index contributed by atoms with van der Waals surface area (Å²) in [6.07, 6.45) is -2.66. The maximum Gasteiger partial charge on any atom is 0.333 e. The number of hydrogen-bond acceptors (Lipinski definition) is 11. The highest BCUT2D eigenvalue weighted by Gasteiger charge is 2.67. The van der Waals surface area contributed by atoms with Crippen LogP contribution in [0.25, 0.3) is 0 Å². The Morgan fingerprint density at radius 1 is 1.08 bits per heavy atom. The zero-order chi connectivity index (χ0) is 37.9. The number of aliphatic carboxylic acids is 1. The van der Waals surface area contributed by atoms with E-state index in [1.54, 1.807) is 13.8 Å². The number of nitrogens with two attached hydrogens (primary N) is 1. The van der Waals surface area contributed by atoms with Crippen LogP contribution >= 0.6 is 0 Å². The summed E-state index contributed by atoms with van der Waals surface area (Å²) in [4.78, 5) is 52.2.